The van der Waals surface area contributed by atoms with Crippen molar-refractivity contribution in [1.29, 1.82) is 5.26 Å². The maximum Gasteiger partial charge on any atom is 0.273 e. The Bertz CT molecular complexity index is 1770. The third-order valence-electron chi connectivity index (χ3n) is 7.96. The van der Waals surface area contributed by atoms with Crippen LogP contribution in [0, 0.1) is 11.3 Å². The van der Waals surface area contributed by atoms with Gasteiger partial charge in [0.1, 0.15) is 11.4 Å². The van der Waals surface area contributed by atoms with E-state index in [9.17, 15) is 4.79 Å². The average molecular weight is 554 g/mol. The second-order valence-electron chi connectivity index (χ2n) is 10.7. The normalized spacial score (nSPS) is 16.7. The molecule has 1 saturated heterocycles. The van der Waals surface area contributed by atoms with Crippen LogP contribution in [0.15, 0.2) is 97.3 Å². The molecule has 0 spiro atoms. The number of nitrogens with zero attached hydrogens (tertiary/aromatic N) is 5. The van der Waals surface area contributed by atoms with Gasteiger partial charge in [-0.3, -0.25) is 14.8 Å². The maximum atomic E-state index is 13.2. The van der Waals surface area contributed by atoms with Crippen molar-refractivity contribution in [3.63, 3.8) is 0 Å². The number of hydrogen-bond donors (Lipinski definition) is 0. The number of carbonyl (C=O) groups excluding carboxylic acids is 1. The van der Waals surface area contributed by atoms with E-state index in [2.05, 4.69) is 54.1 Å². The van der Waals surface area contributed by atoms with Gasteiger partial charge >= 0.3 is 0 Å². The van der Waals surface area contributed by atoms with E-state index in [0.717, 1.165) is 57.7 Å². The summed E-state index contributed by atoms with van der Waals surface area (Å²) >= 11 is 0. The highest BCUT2D eigenvalue weighted by molar-refractivity contribution is 6.00. The number of aromatic nitrogens is 2. The number of piperazine rings is 1. The topological polar surface area (TPSA) is 82.3 Å². The summed E-state index contributed by atoms with van der Waals surface area (Å²) in [6, 6.07) is 29.8. The predicted molar refractivity (Wildman–Crippen MR) is 165 cm³/mol. The fraction of sp³-hybridized carbons (Fsp3) is 0.200. The number of pyridine rings is 2. The van der Waals surface area contributed by atoms with E-state index in [-0.39, 0.29) is 18.0 Å². The molecule has 1 aliphatic rings. The van der Waals surface area contributed by atoms with Gasteiger partial charge in [0.2, 0.25) is 0 Å². The summed E-state index contributed by atoms with van der Waals surface area (Å²) < 4.78 is 5.95. The van der Waals surface area contributed by atoms with E-state index in [1.54, 1.807) is 19.4 Å². The Morgan fingerprint density at radius 3 is 2.19 bits per heavy atom. The Hall–Kier alpha value is -5.22. The van der Waals surface area contributed by atoms with Gasteiger partial charge in [-0.05, 0) is 67.4 Å². The zero-order chi connectivity index (χ0) is 29.2. The van der Waals surface area contributed by atoms with Crippen molar-refractivity contribution >= 4 is 22.5 Å². The molecule has 0 aliphatic carbocycles. The molecule has 2 atom stereocenters. The quantitative estimate of drug-likeness (QED) is 0.244. The van der Waals surface area contributed by atoms with Crippen molar-refractivity contribution in [2.45, 2.75) is 25.9 Å². The third-order valence-corrected chi connectivity index (χ3v) is 7.96. The number of methoxy groups -OCH3 is 1. The van der Waals surface area contributed by atoms with Gasteiger partial charge in [-0.15, -0.1) is 0 Å². The fourth-order valence-electron chi connectivity index (χ4n) is 5.99. The van der Waals surface area contributed by atoms with Gasteiger partial charge in [0.25, 0.3) is 5.91 Å². The Kier molecular flexibility index (Phi) is 7.28. The van der Waals surface area contributed by atoms with Gasteiger partial charge in [-0.2, -0.15) is 5.26 Å². The average Bonchev–Trinajstić information content (AvgIpc) is 3.04. The molecule has 0 N–H and O–H groups in total. The Morgan fingerprint density at radius 1 is 0.857 bits per heavy atom. The first kappa shape index (κ1) is 27.0. The van der Waals surface area contributed by atoms with Crippen LogP contribution in [0.1, 0.15) is 29.9 Å². The Labute approximate surface area is 245 Å². The van der Waals surface area contributed by atoms with Crippen LogP contribution >= 0.6 is 0 Å². The molecule has 1 aliphatic heterocycles. The molecule has 6 rings (SSSR count). The Balaban J connectivity index is 1.26. The van der Waals surface area contributed by atoms with Crippen LogP contribution in [0.25, 0.3) is 33.2 Å². The van der Waals surface area contributed by atoms with Crippen molar-refractivity contribution in [2.75, 3.05) is 25.1 Å². The Morgan fingerprint density at radius 2 is 1.55 bits per heavy atom. The summed E-state index contributed by atoms with van der Waals surface area (Å²) in [7, 11) is 1.69. The summed E-state index contributed by atoms with van der Waals surface area (Å²) in [5, 5.41) is 10.1. The number of nitriles is 1. The molecule has 3 heterocycles. The summed E-state index contributed by atoms with van der Waals surface area (Å²) in [6.45, 7) is 5.66. The predicted octanol–water partition coefficient (Wildman–Crippen LogP) is 6.58. The van der Waals surface area contributed by atoms with Crippen molar-refractivity contribution < 1.29 is 9.53 Å². The molecule has 0 saturated carbocycles. The first-order chi connectivity index (χ1) is 20.5. The number of anilines is 1. The zero-order valence-corrected chi connectivity index (χ0v) is 23.9. The molecular weight excluding hydrogens is 522 g/mol. The molecule has 3 aromatic carbocycles. The standard InChI is InChI=1S/C35H31N5O2/c1-23-21-39(22-24(2)40(23)35(41)32-9-4-5-18-37-32)28-16-14-27(15-17-28)31-20-38-33-29(7-6-8-30(33)34(31)42-3)26-12-10-25(19-36)11-13-26/h4-18,20,23-24H,21-22H2,1-3H3/t23-,24+. The lowest BCUT2D eigenvalue weighted by molar-refractivity contribution is 0.0568. The molecule has 5 aromatic rings. The van der Waals surface area contributed by atoms with Crippen LogP contribution in [-0.4, -0.2) is 53.1 Å². The SMILES string of the molecule is COc1c(-c2ccc(N3C[C@@H](C)N(C(=O)c4ccccn4)[C@@H](C)C3)cc2)cnc2c(-c3ccc(C#N)cc3)cccc12. The lowest BCUT2D eigenvalue weighted by Gasteiger charge is -2.45. The minimum atomic E-state index is -0.0242. The van der Waals surface area contributed by atoms with Crippen molar-refractivity contribution in [3.8, 4) is 34.1 Å². The maximum absolute atomic E-state index is 13.2. The molecule has 7 nitrogen and oxygen atoms in total. The van der Waals surface area contributed by atoms with Crippen molar-refractivity contribution in [1.82, 2.24) is 14.9 Å². The van der Waals surface area contributed by atoms with Crippen LogP contribution in [0.4, 0.5) is 5.69 Å². The molecule has 1 fully saturated rings. The van der Waals surface area contributed by atoms with Crippen LogP contribution in [0.2, 0.25) is 0 Å². The third kappa shape index (κ3) is 4.92. The molecule has 0 bridgehead atoms. The fourth-order valence-corrected chi connectivity index (χ4v) is 5.99. The van der Waals surface area contributed by atoms with E-state index in [1.165, 1.54) is 0 Å². The molecule has 0 unspecified atom stereocenters. The largest absolute Gasteiger partial charge is 0.495 e. The van der Waals surface area contributed by atoms with Gasteiger partial charge in [0.05, 0.1) is 24.3 Å². The van der Waals surface area contributed by atoms with Crippen LogP contribution < -0.4 is 9.64 Å². The molecular formula is C35H31N5O2. The molecule has 0 radical (unpaired) electrons. The second-order valence-corrected chi connectivity index (χ2v) is 10.7. The van der Waals surface area contributed by atoms with E-state index >= 15 is 0 Å². The van der Waals surface area contributed by atoms with E-state index < -0.39 is 0 Å². The minimum absolute atomic E-state index is 0.0242. The van der Waals surface area contributed by atoms with Gasteiger partial charge in [0, 0.05) is 59.8 Å². The summed E-state index contributed by atoms with van der Waals surface area (Å²) in [6.07, 6.45) is 3.53. The monoisotopic (exact) mass is 553 g/mol. The van der Waals surface area contributed by atoms with Crippen molar-refractivity contribution in [3.05, 3.63) is 109 Å². The van der Waals surface area contributed by atoms with Crippen molar-refractivity contribution in [2.24, 2.45) is 0 Å². The van der Waals surface area contributed by atoms with Gasteiger partial charge < -0.3 is 14.5 Å². The molecule has 2 aromatic heterocycles. The number of para-hydroxylation sites is 1. The smallest absolute Gasteiger partial charge is 0.273 e. The lowest BCUT2D eigenvalue weighted by atomic mass is 9.97. The van der Waals surface area contributed by atoms with Crippen LogP contribution in [-0.2, 0) is 0 Å². The molecule has 7 heteroatoms. The highest BCUT2D eigenvalue weighted by Gasteiger charge is 2.34. The molecule has 1 amide bonds. The zero-order valence-electron chi connectivity index (χ0n) is 23.9. The minimum Gasteiger partial charge on any atom is -0.495 e. The number of fused-ring (bicyclic) bond motifs is 1. The first-order valence-corrected chi connectivity index (χ1v) is 14.0. The van der Waals surface area contributed by atoms with E-state index in [1.807, 2.05) is 65.7 Å². The van der Waals surface area contributed by atoms with Gasteiger partial charge in [-0.1, -0.05) is 42.5 Å². The van der Waals surface area contributed by atoms with Gasteiger partial charge in [0.15, 0.2) is 0 Å². The molecule has 208 valence electrons. The lowest BCUT2D eigenvalue weighted by Crippen LogP contribution is -2.58. The number of hydrogen-bond acceptors (Lipinski definition) is 6. The second kappa shape index (κ2) is 11.3. The van der Waals surface area contributed by atoms with Gasteiger partial charge in [-0.25, -0.2) is 0 Å². The highest BCUT2D eigenvalue weighted by Crippen LogP contribution is 2.39. The van der Waals surface area contributed by atoms with Crippen LogP contribution in [0.5, 0.6) is 5.75 Å². The highest BCUT2D eigenvalue weighted by atomic mass is 16.5. The number of amides is 1. The van der Waals surface area contributed by atoms with Crippen LogP contribution in [0.3, 0.4) is 0 Å². The summed E-state index contributed by atoms with van der Waals surface area (Å²) in [4.78, 5) is 26.6. The first-order valence-electron chi connectivity index (χ1n) is 14.0. The molecule has 42 heavy (non-hydrogen) atoms. The summed E-state index contributed by atoms with van der Waals surface area (Å²) in [5.41, 5.74) is 6.98. The number of benzene rings is 3. The number of rotatable bonds is 5. The van der Waals surface area contributed by atoms with E-state index in [0.29, 0.717) is 11.3 Å². The number of carbonyl (C=O) groups is 1. The number of ether oxygens (including phenoxy) is 1. The summed E-state index contributed by atoms with van der Waals surface area (Å²) in [5.74, 6) is 0.746. The van der Waals surface area contributed by atoms with E-state index in [4.69, 9.17) is 15.0 Å².